The van der Waals surface area contributed by atoms with Gasteiger partial charge in [0.1, 0.15) is 5.82 Å². The molecule has 0 spiro atoms. The van der Waals surface area contributed by atoms with Gasteiger partial charge >= 0.3 is 0 Å². The molecule has 0 aromatic heterocycles. The molecule has 1 fully saturated rings. The van der Waals surface area contributed by atoms with Gasteiger partial charge in [0.25, 0.3) is 0 Å². The zero-order valence-electron chi connectivity index (χ0n) is 13.8. The average Bonchev–Trinajstić information content (AvgIpc) is 2.55. The van der Waals surface area contributed by atoms with Crippen LogP contribution in [0, 0.1) is 11.7 Å². The summed E-state index contributed by atoms with van der Waals surface area (Å²) in [4.78, 5) is 14.4. The van der Waals surface area contributed by atoms with E-state index in [2.05, 4.69) is 0 Å². The maximum atomic E-state index is 13.2. The Balaban J connectivity index is 1.77. The van der Waals surface area contributed by atoms with Crippen molar-refractivity contribution in [3.05, 3.63) is 35.6 Å². The van der Waals surface area contributed by atoms with E-state index in [1.165, 1.54) is 12.1 Å². The van der Waals surface area contributed by atoms with Crippen LogP contribution in [-0.2, 0) is 16.0 Å². The minimum Gasteiger partial charge on any atom is -0.378 e. The fourth-order valence-corrected chi connectivity index (χ4v) is 2.99. The molecule has 23 heavy (non-hydrogen) atoms. The molecule has 0 saturated carbocycles. The second-order valence-electron chi connectivity index (χ2n) is 6.27. The molecule has 2 rings (SSSR count). The Bertz CT molecular complexity index is 502. The fourth-order valence-electron chi connectivity index (χ4n) is 2.99. The largest absolute Gasteiger partial charge is 0.378 e. The standard InChI is InChI=1S/C18H27FN2O2/c1-14(12-15-4-2-5-16(19)13-15)18(22)21-9-6-17(7-10-21)23-11-3-8-20/h2,4-5,13-14,17H,3,6-12,20H2,1H3. The lowest BCUT2D eigenvalue weighted by molar-refractivity contribution is -0.137. The van der Waals surface area contributed by atoms with E-state index >= 15 is 0 Å². The average molecular weight is 322 g/mol. The highest BCUT2D eigenvalue weighted by molar-refractivity contribution is 5.78. The second-order valence-corrected chi connectivity index (χ2v) is 6.27. The molecule has 1 heterocycles. The van der Waals surface area contributed by atoms with Crippen LogP contribution in [0.15, 0.2) is 24.3 Å². The Kier molecular flexibility index (Phi) is 6.99. The van der Waals surface area contributed by atoms with Crippen LogP contribution in [-0.4, -0.2) is 43.2 Å². The van der Waals surface area contributed by atoms with Crippen molar-refractivity contribution in [3.63, 3.8) is 0 Å². The third-order valence-electron chi connectivity index (χ3n) is 4.31. The number of halogens is 1. The molecule has 2 N–H and O–H groups in total. The molecule has 1 aliphatic rings. The Labute approximate surface area is 137 Å². The Morgan fingerprint density at radius 2 is 2.17 bits per heavy atom. The molecule has 1 aromatic carbocycles. The SMILES string of the molecule is CC(Cc1cccc(F)c1)C(=O)N1CCC(OCCCN)CC1. The van der Waals surface area contributed by atoms with Crippen molar-refractivity contribution < 1.29 is 13.9 Å². The smallest absolute Gasteiger partial charge is 0.225 e. The number of nitrogens with two attached hydrogens (primary N) is 1. The summed E-state index contributed by atoms with van der Waals surface area (Å²) in [6.07, 6.45) is 3.45. The summed E-state index contributed by atoms with van der Waals surface area (Å²) in [7, 11) is 0. The van der Waals surface area contributed by atoms with E-state index < -0.39 is 0 Å². The van der Waals surface area contributed by atoms with Gasteiger partial charge in [0.2, 0.25) is 5.91 Å². The zero-order chi connectivity index (χ0) is 16.7. The predicted octanol–water partition coefficient (Wildman–Crippen LogP) is 2.36. The molecule has 128 valence electrons. The number of nitrogens with zero attached hydrogens (tertiary/aromatic N) is 1. The normalized spacial score (nSPS) is 17.3. The number of ether oxygens (including phenoxy) is 1. The minimum atomic E-state index is -0.252. The third kappa shape index (κ3) is 5.59. The van der Waals surface area contributed by atoms with E-state index in [9.17, 15) is 9.18 Å². The number of amides is 1. The third-order valence-corrected chi connectivity index (χ3v) is 4.31. The molecule has 0 bridgehead atoms. The summed E-state index contributed by atoms with van der Waals surface area (Å²) in [6, 6.07) is 6.48. The number of piperidine rings is 1. The van der Waals surface area contributed by atoms with E-state index in [0.29, 0.717) is 19.6 Å². The summed E-state index contributed by atoms with van der Waals surface area (Å²) < 4.78 is 19.0. The Hall–Kier alpha value is -1.46. The molecule has 1 aliphatic heterocycles. The van der Waals surface area contributed by atoms with Crippen LogP contribution in [0.4, 0.5) is 4.39 Å². The number of hydrogen-bond donors (Lipinski definition) is 1. The van der Waals surface area contributed by atoms with E-state index in [1.54, 1.807) is 6.07 Å². The first-order valence-electron chi connectivity index (χ1n) is 8.45. The topological polar surface area (TPSA) is 55.6 Å². The van der Waals surface area contributed by atoms with Crippen LogP contribution >= 0.6 is 0 Å². The van der Waals surface area contributed by atoms with E-state index in [-0.39, 0.29) is 23.7 Å². The van der Waals surface area contributed by atoms with Crippen LogP contribution in [0.5, 0.6) is 0 Å². The number of benzene rings is 1. The number of carbonyl (C=O) groups is 1. The first-order valence-corrected chi connectivity index (χ1v) is 8.45. The Morgan fingerprint density at radius 3 is 2.83 bits per heavy atom. The van der Waals surface area contributed by atoms with Gasteiger partial charge in [-0.3, -0.25) is 4.79 Å². The number of hydrogen-bond acceptors (Lipinski definition) is 3. The lowest BCUT2D eigenvalue weighted by Gasteiger charge is -2.33. The van der Waals surface area contributed by atoms with Crippen molar-refractivity contribution in [1.29, 1.82) is 0 Å². The van der Waals surface area contributed by atoms with Gasteiger partial charge in [-0.2, -0.15) is 0 Å². The fraction of sp³-hybridized carbons (Fsp3) is 0.611. The predicted molar refractivity (Wildman–Crippen MR) is 88.5 cm³/mol. The van der Waals surface area contributed by atoms with Crippen molar-refractivity contribution in [2.45, 2.75) is 38.7 Å². The van der Waals surface area contributed by atoms with Crippen LogP contribution in [0.2, 0.25) is 0 Å². The second kappa shape index (κ2) is 8.99. The van der Waals surface area contributed by atoms with Crippen molar-refractivity contribution in [2.75, 3.05) is 26.2 Å². The summed E-state index contributed by atoms with van der Waals surface area (Å²) in [6.45, 7) is 4.73. The highest BCUT2D eigenvalue weighted by atomic mass is 19.1. The van der Waals surface area contributed by atoms with Crippen molar-refractivity contribution >= 4 is 5.91 Å². The number of rotatable bonds is 7. The van der Waals surface area contributed by atoms with Gasteiger partial charge in [-0.25, -0.2) is 4.39 Å². The molecule has 1 saturated heterocycles. The van der Waals surface area contributed by atoms with Gasteiger partial charge in [-0.15, -0.1) is 0 Å². The van der Waals surface area contributed by atoms with Crippen molar-refractivity contribution in [1.82, 2.24) is 4.90 Å². The highest BCUT2D eigenvalue weighted by Gasteiger charge is 2.26. The van der Waals surface area contributed by atoms with Crippen molar-refractivity contribution in [2.24, 2.45) is 11.7 Å². The first kappa shape index (κ1) is 17.9. The summed E-state index contributed by atoms with van der Waals surface area (Å²) in [5, 5.41) is 0. The van der Waals surface area contributed by atoms with Crippen molar-refractivity contribution in [3.8, 4) is 0 Å². The van der Waals surface area contributed by atoms with Gasteiger partial charge < -0.3 is 15.4 Å². The zero-order valence-corrected chi connectivity index (χ0v) is 13.8. The molecule has 1 amide bonds. The van der Waals surface area contributed by atoms with Gasteiger partial charge in [0.15, 0.2) is 0 Å². The molecule has 0 aliphatic carbocycles. The monoisotopic (exact) mass is 322 g/mol. The van der Waals surface area contributed by atoms with Gasteiger partial charge in [0.05, 0.1) is 6.10 Å². The number of likely N-dealkylation sites (tertiary alicyclic amines) is 1. The minimum absolute atomic E-state index is 0.133. The molecule has 1 aromatic rings. The van der Waals surface area contributed by atoms with Crippen LogP contribution in [0.3, 0.4) is 0 Å². The number of carbonyl (C=O) groups excluding carboxylic acids is 1. The Morgan fingerprint density at radius 1 is 1.43 bits per heavy atom. The first-order chi connectivity index (χ1) is 11.1. The summed E-state index contributed by atoms with van der Waals surface area (Å²) >= 11 is 0. The molecular formula is C18H27FN2O2. The van der Waals surface area contributed by atoms with Gasteiger partial charge in [-0.1, -0.05) is 19.1 Å². The molecule has 1 atom stereocenters. The lowest BCUT2D eigenvalue weighted by atomic mass is 9.98. The van der Waals surface area contributed by atoms with Crippen LogP contribution in [0.25, 0.3) is 0 Å². The van der Waals surface area contributed by atoms with E-state index in [1.807, 2.05) is 17.9 Å². The maximum Gasteiger partial charge on any atom is 0.225 e. The van der Waals surface area contributed by atoms with Crippen LogP contribution in [0.1, 0.15) is 31.7 Å². The van der Waals surface area contributed by atoms with E-state index in [0.717, 1.165) is 37.9 Å². The summed E-state index contributed by atoms with van der Waals surface area (Å²) in [5.74, 6) is -0.237. The quantitative estimate of drug-likeness (QED) is 0.784. The lowest BCUT2D eigenvalue weighted by Crippen LogP contribution is -2.43. The van der Waals surface area contributed by atoms with Gasteiger partial charge in [-0.05, 0) is 49.9 Å². The summed E-state index contributed by atoms with van der Waals surface area (Å²) in [5.41, 5.74) is 6.32. The maximum absolute atomic E-state index is 13.2. The molecule has 4 nitrogen and oxygen atoms in total. The molecule has 5 heteroatoms. The van der Waals surface area contributed by atoms with E-state index in [4.69, 9.17) is 10.5 Å². The highest BCUT2D eigenvalue weighted by Crippen LogP contribution is 2.18. The van der Waals surface area contributed by atoms with Gasteiger partial charge in [0, 0.05) is 25.6 Å². The molecule has 1 unspecified atom stereocenters. The molecule has 0 radical (unpaired) electrons. The molecular weight excluding hydrogens is 295 g/mol. The van der Waals surface area contributed by atoms with Crippen LogP contribution < -0.4 is 5.73 Å².